The molecule has 110 valence electrons. The van der Waals surface area contributed by atoms with Crippen LogP contribution in [0.15, 0.2) is 21.5 Å². The molecule has 0 aliphatic heterocycles. The SMILES string of the molecule is CN(CC1CCCCC1)C(=O)Cc1cc[nH]c(=O)c1Br. The molecule has 1 N–H and O–H groups in total. The van der Waals surface area contributed by atoms with E-state index in [1.54, 1.807) is 12.3 Å². The summed E-state index contributed by atoms with van der Waals surface area (Å²) in [6.07, 6.45) is 8.20. The lowest BCUT2D eigenvalue weighted by Gasteiger charge is -2.27. The largest absolute Gasteiger partial charge is 0.345 e. The fourth-order valence-corrected chi connectivity index (χ4v) is 3.18. The van der Waals surface area contributed by atoms with Gasteiger partial charge in [-0.15, -0.1) is 0 Å². The minimum absolute atomic E-state index is 0.0712. The van der Waals surface area contributed by atoms with Gasteiger partial charge in [0.2, 0.25) is 5.91 Å². The number of carbonyl (C=O) groups is 1. The normalized spacial score (nSPS) is 16.1. The summed E-state index contributed by atoms with van der Waals surface area (Å²) in [5.41, 5.74) is 0.555. The third kappa shape index (κ3) is 3.95. The Morgan fingerprint density at radius 1 is 1.40 bits per heavy atom. The third-order valence-corrected chi connectivity index (χ3v) is 4.87. The number of aromatic amines is 1. The van der Waals surface area contributed by atoms with Crippen molar-refractivity contribution in [2.45, 2.75) is 38.5 Å². The molecule has 0 bridgehead atoms. The van der Waals surface area contributed by atoms with Crippen LogP contribution in [0, 0.1) is 5.92 Å². The minimum Gasteiger partial charge on any atom is -0.345 e. The molecular weight excluding hydrogens is 320 g/mol. The van der Waals surface area contributed by atoms with Crippen molar-refractivity contribution < 1.29 is 4.79 Å². The monoisotopic (exact) mass is 340 g/mol. The summed E-state index contributed by atoms with van der Waals surface area (Å²) in [6, 6.07) is 1.78. The quantitative estimate of drug-likeness (QED) is 0.916. The standard InChI is InChI=1S/C15H21BrN2O2/c1-18(10-11-5-3-2-4-6-11)13(19)9-12-7-8-17-15(20)14(12)16/h7-8,11H,2-6,9-10H2,1H3,(H,17,20). The Labute approximate surface area is 127 Å². The van der Waals surface area contributed by atoms with Gasteiger partial charge in [-0.2, -0.15) is 0 Å². The van der Waals surface area contributed by atoms with Crippen molar-refractivity contribution >= 4 is 21.8 Å². The van der Waals surface area contributed by atoms with Crippen molar-refractivity contribution in [3.8, 4) is 0 Å². The summed E-state index contributed by atoms with van der Waals surface area (Å²) >= 11 is 3.24. The first-order valence-corrected chi connectivity index (χ1v) is 7.97. The van der Waals surface area contributed by atoms with E-state index in [0.717, 1.165) is 12.1 Å². The molecule has 2 rings (SSSR count). The van der Waals surface area contributed by atoms with Gasteiger partial charge < -0.3 is 9.88 Å². The van der Waals surface area contributed by atoms with Crippen molar-refractivity contribution in [2.75, 3.05) is 13.6 Å². The van der Waals surface area contributed by atoms with E-state index in [-0.39, 0.29) is 17.9 Å². The highest BCUT2D eigenvalue weighted by Gasteiger charge is 2.19. The molecule has 0 saturated heterocycles. The van der Waals surface area contributed by atoms with Gasteiger partial charge in [0.05, 0.1) is 10.9 Å². The molecule has 5 heteroatoms. The number of H-pyrrole nitrogens is 1. The molecule has 0 spiro atoms. The van der Waals surface area contributed by atoms with E-state index < -0.39 is 0 Å². The lowest BCUT2D eigenvalue weighted by atomic mass is 9.89. The van der Waals surface area contributed by atoms with E-state index in [1.165, 1.54) is 32.1 Å². The number of aromatic nitrogens is 1. The van der Waals surface area contributed by atoms with Crippen molar-refractivity contribution in [3.63, 3.8) is 0 Å². The Balaban J connectivity index is 1.93. The van der Waals surface area contributed by atoms with Crippen LogP contribution in [-0.4, -0.2) is 29.4 Å². The van der Waals surface area contributed by atoms with E-state index >= 15 is 0 Å². The lowest BCUT2D eigenvalue weighted by Crippen LogP contribution is -2.34. The van der Waals surface area contributed by atoms with Crippen LogP contribution in [0.25, 0.3) is 0 Å². The van der Waals surface area contributed by atoms with Crippen LogP contribution in [0.2, 0.25) is 0 Å². The summed E-state index contributed by atoms with van der Waals surface area (Å²) in [6.45, 7) is 0.833. The van der Waals surface area contributed by atoms with Crippen molar-refractivity contribution in [1.29, 1.82) is 0 Å². The molecule has 4 nitrogen and oxygen atoms in total. The highest BCUT2D eigenvalue weighted by atomic mass is 79.9. The molecule has 1 amide bonds. The first-order chi connectivity index (χ1) is 9.58. The summed E-state index contributed by atoms with van der Waals surface area (Å²) in [7, 11) is 1.86. The highest BCUT2D eigenvalue weighted by molar-refractivity contribution is 9.10. The summed E-state index contributed by atoms with van der Waals surface area (Å²) in [4.78, 5) is 28.1. The van der Waals surface area contributed by atoms with Crippen LogP contribution >= 0.6 is 15.9 Å². The second-order valence-corrected chi connectivity index (χ2v) is 6.39. The van der Waals surface area contributed by atoms with Crippen molar-refractivity contribution in [3.05, 3.63) is 32.7 Å². The molecule has 1 aromatic rings. The number of hydrogen-bond acceptors (Lipinski definition) is 2. The number of amides is 1. The topological polar surface area (TPSA) is 53.2 Å². The number of nitrogens with one attached hydrogen (secondary N) is 1. The van der Waals surface area contributed by atoms with E-state index in [0.29, 0.717) is 10.4 Å². The van der Waals surface area contributed by atoms with Gasteiger partial charge in [-0.1, -0.05) is 19.3 Å². The van der Waals surface area contributed by atoms with Gasteiger partial charge in [-0.3, -0.25) is 9.59 Å². The van der Waals surface area contributed by atoms with Crippen LogP contribution in [-0.2, 0) is 11.2 Å². The van der Waals surface area contributed by atoms with Crippen LogP contribution in [0.5, 0.6) is 0 Å². The van der Waals surface area contributed by atoms with Crippen molar-refractivity contribution in [2.24, 2.45) is 5.92 Å². The Bertz CT molecular complexity index is 521. The molecule has 1 aliphatic rings. The Hall–Kier alpha value is -1.10. The number of nitrogens with zero attached hydrogens (tertiary/aromatic N) is 1. The summed E-state index contributed by atoms with van der Waals surface area (Å²) in [5.74, 6) is 0.710. The molecule has 1 aliphatic carbocycles. The zero-order valence-electron chi connectivity index (χ0n) is 11.8. The molecule has 0 radical (unpaired) electrons. The zero-order valence-corrected chi connectivity index (χ0v) is 13.4. The number of hydrogen-bond donors (Lipinski definition) is 1. The van der Waals surface area contributed by atoms with E-state index in [4.69, 9.17) is 0 Å². The predicted octanol–water partition coefficient (Wildman–Crippen LogP) is 2.72. The predicted molar refractivity (Wildman–Crippen MR) is 82.7 cm³/mol. The highest BCUT2D eigenvalue weighted by Crippen LogP contribution is 2.24. The summed E-state index contributed by atoms with van der Waals surface area (Å²) < 4.78 is 0.458. The maximum Gasteiger partial charge on any atom is 0.262 e. The minimum atomic E-state index is -0.190. The molecule has 1 fully saturated rings. The van der Waals surface area contributed by atoms with Crippen molar-refractivity contribution in [1.82, 2.24) is 9.88 Å². The average Bonchev–Trinajstić information content (AvgIpc) is 2.45. The van der Waals surface area contributed by atoms with E-state index in [9.17, 15) is 9.59 Å². The van der Waals surface area contributed by atoms with Gasteiger partial charge in [0.25, 0.3) is 5.56 Å². The Morgan fingerprint density at radius 2 is 2.10 bits per heavy atom. The second kappa shape index (κ2) is 7.07. The number of pyridine rings is 1. The van der Waals surface area contributed by atoms with Gasteiger partial charge in [-0.25, -0.2) is 0 Å². The molecule has 1 saturated carbocycles. The van der Waals surface area contributed by atoms with E-state index in [1.807, 2.05) is 11.9 Å². The van der Waals surface area contributed by atoms with Crippen LogP contribution in [0.4, 0.5) is 0 Å². The molecule has 20 heavy (non-hydrogen) atoms. The van der Waals surface area contributed by atoms with Gasteiger partial charge in [0.15, 0.2) is 0 Å². The number of halogens is 1. The molecular formula is C15H21BrN2O2. The smallest absolute Gasteiger partial charge is 0.262 e. The molecule has 0 unspecified atom stereocenters. The molecule has 0 aromatic carbocycles. The Kier molecular flexibility index (Phi) is 5.40. The maximum atomic E-state index is 12.2. The first-order valence-electron chi connectivity index (χ1n) is 7.18. The zero-order chi connectivity index (χ0) is 14.5. The van der Waals surface area contributed by atoms with Gasteiger partial charge in [-0.05, 0) is 46.3 Å². The molecule has 1 heterocycles. The van der Waals surface area contributed by atoms with E-state index in [2.05, 4.69) is 20.9 Å². The maximum absolute atomic E-state index is 12.2. The fraction of sp³-hybridized carbons (Fsp3) is 0.600. The Morgan fingerprint density at radius 3 is 2.80 bits per heavy atom. The van der Waals surface area contributed by atoms with Gasteiger partial charge in [0.1, 0.15) is 0 Å². The molecule has 1 aromatic heterocycles. The second-order valence-electron chi connectivity index (χ2n) is 5.60. The van der Waals surface area contributed by atoms with Crippen LogP contribution in [0.1, 0.15) is 37.7 Å². The lowest BCUT2D eigenvalue weighted by molar-refractivity contribution is -0.129. The fourth-order valence-electron chi connectivity index (χ4n) is 2.79. The van der Waals surface area contributed by atoms with Gasteiger partial charge in [0, 0.05) is 19.8 Å². The van der Waals surface area contributed by atoms with Crippen LogP contribution < -0.4 is 5.56 Å². The van der Waals surface area contributed by atoms with Crippen LogP contribution in [0.3, 0.4) is 0 Å². The summed E-state index contributed by atoms with van der Waals surface area (Å²) in [5, 5.41) is 0. The third-order valence-electron chi connectivity index (χ3n) is 4.00. The van der Waals surface area contributed by atoms with Gasteiger partial charge >= 0.3 is 0 Å². The first kappa shape index (κ1) is 15.3. The number of rotatable bonds is 4. The molecule has 0 atom stereocenters. The number of carbonyl (C=O) groups excluding carboxylic acids is 1. The number of likely N-dealkylation sites (N-methyl/N-ethyl adjacent to an activating group) is 1. The average molecular weight is 341 g/mol.